The molecule has 3 aliphatic rings. The van der Waals surface area contributed by atoms with E-state index in [2.05, 4.69) is 20.7 Å². The first-order chi connectivity index (χ1) is 7.53. The normalized spacial score (nSPS) is 47.2. The average molecular weight is 328 g/mol. The number of halogens is 1. The van der Waals surface area contributed by atoms with Crippen LogP contribution >= 0.6 is 27.7 Å². The Morgan fingerprint density at radius 1 is 1.56 bits per heavy atom. The molecule has 5 nitrogen and oxygen atoms in total. The summed E-state index contributed by atoms with van der Waals surface area (Å²) in [7, 11) is -3.18. The summed E-state index contributed by atoms with van der Waals surface area (Å²) in [6.45, 7) is 0. The van der Waals surface area contributed by atoms with Crippen LogP contribution in [-0.2, 0) is 19.6 Å². The van der Waals surface area contributed by atoms with Crippen molar-refractivity contribution in [3.05, 3.63) is 0 Å². The molecule has 90 valence electrons. The molecule has 0 saturated carbocycles. The molecular formula is C8H10BrNO4S2. The fourth-order valence-electron chi connectivity index (χ4n) is 2.70. The standard InChI is InChI=1S/C8H10BrNO4S2/c9-2-5(11)14-7-3-1-4-8(15-3)6(7)10-16(4,12)13/h3-4,6-8,10H,1-2H2. The Kier molecular flexibility index (Phi) is 2.54. The highest BCUT2D eigenvalue weighted by Crippen LogP contribution is 2.53. The van der Waals surface area contributed by atoms with Crippen molar-refractivity contribution >= 4 is 43.7 Å². The summed E-state index contributed by atoms with van der Waals surface area (Å²) in [6, 6.07) is -0.221. The van der Waals surface area contributed by atoms with E-state index in [1.54, 1.807) is 11.8 Å². The predicted molar refractivity (Wildman–Crippen MR) is 63.1 cm³/mol. The molecule has 0 aliphatic carbocycles. The number of nitrogens with one attached hydrogen (secondary N) is 1. The van der Waals surface area contributed by atoms with E-state index in [0.29, 0.717) is 6.42 Å². The van der Waals surface area contributed by atoms with E-state index in [-0.39, 0.29) is 39.2 Å². The molecule has 0 aromatic rings. The number of ether oxygens (including phenoxy) is 1. The number of thioether (sulfide) groups is 1. The van der Waals surface area contributed by atoms with Crippen molar-refractivity contribution in [2.45, 2.75) is 34.3 Å². The van der Waals surface area contributed by atoms with Crippen LogP contribution in [0.4, 0.5) is 0 Å². The van der Waals surface area contributed by atoms with Gasteiger partial charge in [0, 0.05) is 10.5 Å². The summed E-state index contributed by atoms with van der Waals surface area (Å²) in [4.78, 5) is 11.2. The van der Waals surface area contributed by atoms with Gasteiger partial charge in [0.25, 0.3) is 0 Å². The SMILES string of the molecule is O=C(CBr)OC1C2CC3C(S2)C1NS3(=O)=O. The second-order valence-electron chi connectivity index (χ2n) is 4.19. The highest BCUT2D eigenvalue weighted by Gasteiger charge is 2.64. The van der Waals surface area contributed by atoms with Crippen LogP contribution in [0.25, 0.3) is 0 Å². The first kappa shape index (κ1) is 11.3. The Balaban J connectivity index is 1.84. The van der Waals surface area contributed by atoms with E-state index in [1.165, 1.54) is 0 Å². The van der Waals surface area contributed by atoms with Crippen LogP contribution in [0.3, 0.4) is 0 Å². The Hall–Kier alpha value is 0.210. The summed E-state index contributed by atoms with van der Waals surface area (Å²) in [6.07, 6.45) is 0.301. The molecule has 0 aromatic heterocycles. The number of carbonyl (C=O) groups is 1. The van der Waals surface area contributed by atoms with Gasteiger partial charge in [-0.05, 0) is 6.42 Å². The number of hydrogen-bond acceptors (Lipinski definition) is 5. The molecule has 3 fully saturated rings. The molecule has 0 aromatic carbocycles. The molecular weight excluding hydrogens is 318 g/mol. The summed E-state index contributed by atoms with van der Waals surface area (Å²) < 4.78 is 31.3. The summed E-state index contributed by atoms with van der Waals surface area (Å²) in [5.74, 6) is -0.333. The highest BCUT2D eigenvalue weighted by molar-refractivity contribution is 9.09. The van der Waals surface area contributed by atoms with Crippen molar-refractivity contribution in [3.63, 3.8) is 0 Å². The average Bonchev–Trinajstić information content (AvgIpc) is 2.81. The minimum Gasteiger partial charge on any atom is -0.459 e. The maximum absolute atomic E-state index is 11.7. The second-order valence-corrected chi connectivity index (χ2v) is 8.10. The molecule has 0 amide bonds. The fraction of sp³-hybridized carbons (Fsp3) is 0.875. The Morgan fingerprint density at radius 3 is 3.00 bits per heavy atom. The van der Waals surface area contributed by atoms with Gasteiger partial charge >= 0.3 is 5.97 Å². The van der Waals surface area contributed by atoms with Gasteiger partial charge in [0.15, 0.2) is 0 Å². The number of sulfonamides is 1. The van der Waals surface area contributed by atoms with Gasteiger partial charge < -0.3 is 4.74 Å². The van der Waals surface area contributed by atoms with Gasteiger partial charge in [-0.3, -0.25) is 4.79 Å². The maximum Gasteiger partial charge on any atom is 0.316 e. The molecule has 3 saturated heterocycles. The third-order valence-corrected chi connectivity index (χ3v) is 7.57. The van der Waals surface area contributed by atoms with Crippen LogP contribution in [0.1, 0.15) is 6.42 Å². The zero-order chi connectivity index (χ0) is 11.5. The van der Waals surface area contributed by atoms with Crippen molar-refractivity contribution in [1.29, 1.82) is 0 Å². The van der Waals surface area contributed by atoms with E-state index in [9.17, 15) is 13.2 Å². The van der Waals surface area contributed by atoms with Crippen LogP contribution in [0.15, 0.2) is 0 Å². The maximum atomic E-state index is 11.7. The summed E-state index contributed by atoms with van der Waals surface area (Å²) in [5.41, 5.74) is 0. The van der Waals surface area contributed by atoms with Gasteiger partial charge in [-0.25, -0.2) is 13.1 Å². The molecule has 5 atom stereocenters. The quantitative estimate of drug-likeness (QED) is 0.564. The van der Waals surface area contributed by atoms with Crippen LogP contribution in [-0.4, -0.2) is 47.6 Å². The van der Waals surface area contributed by atoms with Crippen molar-refractivity contribution in [3.8, 4) is 0 Å². The van der Waals surface area contributed by atoms with Crippen molar-refractivity contribution in [2.24, 2.45) is 0 Å². The zero-order valence-corrected chi connectivity index (χ0v) is 11.3. The number of fused-ring (bicyclic) bond motifs is 1. The van der Waals surface area contributed by atoms with Crippen LogP contribution in [0.5, 0.6) is 0 Å². The molecule has 16 heavy (non-hydrogen) atoms. The zero-order valence-electron chi connectivity index (χ0n) is 8.13. The van der Waals surface area contributed by atoms with Crippen LogP contribution in [0.2, 0.25) is 0 Å². The number of esters is 1. The monoisotopic (exact) mass is 327 g/mol. The summed E-state index contributed by atoms with van der Waals surface area (Å²) >= 11 is 4.67. The number of carbonyl (C=O) groups excluding carboxylic acids is 1. The third-order valence-electron chi connectivity index (χ3n) is 3.31. The largest absolute Gasteiger partial charge is 0.459 e. The predicted octanol–water partition coefficient (Wildman–Crippen LogP) is -0.149. The van der Waals surface area contributed by atoms with E-state index in [4.69, 9.17) is 4.74 Å². The van der Waals surface area contributed by atoms with Gasteiger partial charge in [-0.1, -0.05) is 15.9 Å². The lowest BCUT2D eigenvalue weighted by atomic mass is 9.93. The van der Waals surface area contributed by atoms with Crippen LogP contribution in [0, 0.1) is 0 Å². The first-order valence-corrected chi connectivity index (χ1v) is 8.56. The second kappa shape index (κ2) is 3.60. The third kappa shape index (κ3) is 1.46. The molecule has 2 bridgehead atoms. The molecule has 1 N–H and O–H groups in total. The highest BCUT2D eigenvalue weighted by atomic mass is 79.9. The molecule has 8 heteroatoms. The Morgan fingerprint density at radius 2 is 2.31 bits per heavy atom. The van der Waals surface area contributed by atoms with E-state index >= 15 is 0 Å². The van der Waals surface area contributed by atoms with Gasteiger partial charge in [0.1, 0.15) is 11.4 Å². The van der Waals surface area contributed by atoms with Gasteiger partial charge in [-0.2, -0.15) is 0 Å². The fourth-order valence-corrected chi connectivity index (χ4v) is 7.27. The minimum atomic E-state index is -3.18. The van der Waals surface area contributed by atoms with Gasteiger partial charge in [0.2, 0.25) is 10.0 Å². The van der Waals surface area contributed by atoms with Crippen molar-refractivity contribution < 1.29 is 17.9 Å². The van der Waals surface area contributed by atoms with E-state index < -0.39 is 10.0 Å². The molecule has 0 spiro atoms. The molecule has 3 rings (SSSR count). The Bertz CT molecular complexity index is 439. The van der Waals surface area contributed by atoms with Crippen molar-refractivity contribution in [1.82, 2.24) is 4.72 Å². The minimum absolute atomic E-state index is 0.0584. The Labute approximate surface area is 106 Å². The lowest BCUT2D eigenvalue weighted by molar-refractivity contribution is -0.146. The number of alkyl halides is 1. The van der Waals surface area contributed by atoms with Crippen molar-refractivity contribution in [2.75, 3.05) is 5.33 Å². The number of hydrogen-bond donors (Lipinski definition) is 1. The topological polar surface area (TPSA) is 72.5 Å². The number of rotatable bonds is 2. The molecule has 0 radical (unpaired) electrons. The summed E-state index contributed by atoms with van der Waals surface area (Å²) in [5, 5.41) is 0.0522. The van der Waals surface area contributed by atoms with E-state index in [1.807, 2.05) is 0 Å². The van der Waals surface area contributed by atoms with Gasteiger partial charge in [-0.15, -0.1) is 11.8 Å². The first-order valence-electron chi connectivity index (χ1n) is 4.95. The molecule has 3 heterocycles. The molecule has 5 unspecified atom stereocenters. The lowest BCUT2D eigenvalue weighted by Crippen LogP contribution is -2.45. The lowest BCUT2D eigenvalue weighted by Gasteiger charge is -2.24. The molecule has 3 aliphatic heterocycles. The van der Waals surface area contributed by atoms with Gasteiger partial charge in [0.05, 0.1) is 11.3 Å². The van der Waals surface area contributed by atoms with E-state index in [0.717, 1.165) is 0 Å². The smallest absolute Gasteiger partial charge is 0.316 e. The van der Waals surface area contributed by atoms with Crippen LogP contribution < -0.4 is 4.72 Å².